The molecule has 0 aliphatic heterocycles. The van der Waals surface area contributed by atoms with E-state index in [1.54, 1.807) is 18.6 Å². The zero-order valence-electron chi connectivity index (χ0n) is 23.4. The fraction of sp³-hybridized carbons (Fsp3) is 0.438. The molecule has 0 unspecified atom stereocenters. The molecule has 0 fully saturated rings. The third-order valence-corrected chi connectivity index (χ3v) is 22.4. The minimum Gasteiger partial charge on any atom is -0.396 e. The Morgan fingerprint density at radius 2 is 1.29 bits per heavy atom. The molecule has 2 aromatic heterocycles. The molecule has 0 bridgehead atoms. The first kappa shape index (κ1) is 30.2. The van der Waals surface area contributed by atoms with E-state index in [1.807, 2.05) is 12.4 Å². The van der Waals surface area contributed by atoms with Gasteiger partial charge in [0.15, 0.2) is 0 Å². The van der Waals surface area contributed by atoms with Gasteiger partial charge in [0, 0.05) is 24.6 Å². The van der Waals surface area contributed by atoms with Crippen molar-refractivity contribution in [3.8, 4) is 11.3 Å². The van der Waals surface area contributed by atoms with Gasteiger partial charge in [0.05, 0.1) is 11.9 Å². The summed E-state index contributed by atoms with van der Waals surface area (Å²) in [5, 5.41) is 11.3. The number of hydrogen-bond acceptors (Lipinski definition) is 5. The molecular weight excluding hydrogens is 575 g/mol. The van der Waals surface area contributed by atoms with Crippen molar-refractivity contribution in [2.75, 3.05) is 6.61 Å². The summed E-state index contributed by atoms with van der Waals surface area (Å²) in [5.41, 5.74) is 3.10. The summed E-state index contributed by atoms with van der Waals surface area (Å²) in [7, 11) is 0. The maximum Gasteiger partial charge on any atom is 0.0885 e. The molecule has 38 heavy (non-hydrogen) atoms. The van der Waals surface area contributed by atoms with Crippen LogP contribution >= 0.6 is 0 Å². The number of aliphatic hydroxyl groups is 1. The number of unbranched alkanes of at least 4 members (excludes halogenated alkanes) is 3. The van der Waals surface area contributed by atoms with Crippen molar-refractivity contribution in [1.82, 2.24) is 19.9 Å². The Morgan fingerprint density at radius 1 is 0.684 bits per heavy atom. The molecule has 5 nitrogen and oxygen atoms in total. The van der Waals surface area contributed by atoms with Crippen LogP contribution in [0.1, 0.15) is 64.9 Å². The summed E-state index contributed by atoms with van der Waals surface area (Å²) in [5.74, 6) is 0. The summed E-state index contributed by atoms with van der Waals surface area (Å²) in [6, 6.07) is 12.5. The molecule has 0 atom stereocenters. The molecule has 4 aromatic rings. The normalized spacial score (nSPS) is 11.3. The van der Waals surface area contributed by atoms with Crippen molar-refractivity contribution < 1.29 is 5.11 Å². The Kier molecular flexibility index (Phi) is 13.1. The third-order valence-electron chi connectivity index (χ3n) is 7.30. The van der Waals surface area contributed by atoms with Crippen LogP contribution in [0, 0.1) is 0 Å². The van der Waals surface area contributed by atoms with Crippen LogP contribution in [0.4, 0.5) is 0 Å². The van der Waals surface area contributed by atoms with Crippen LogP contribution in [-0.4, -0.2) is 50.0 Å². The van der Waals surface area contributed by atoms with Gasteiger partial charge < -0.3 is 5.11 Å². The number of benzene rings is 2. The average molecular weight is 619 g/mol. The van der Waals surface area contributed by atoms with E-state index in [0.29, 0.717) is 6.42 Å². The van der Waals surface area contributed by atoms with E-state index in [4.69, 9.17) is 10.1 Å². The SMILES string of the molecule is CCC[CH2][Sn]([CH2]CCC)([CH2]CCC)[c]1cnccn1.OCCc1ccc2cc(-c3cnccn3)ccc2c1. The Hall–Kier alpha value is -2.38. The van der Waals surface area contributed by atoms with Crippen LogP contribution in [0.15, 0.2) is 73.6 Å². The van der Waals surface area contributed by atoms with Crippen LogP contribution in [-0.2, 0) is 6.42 Å². The van der Waals surface area contributed by atoms with Crippen LogP contribution in [0.2, 0.25) is 13.3 Å². The number of fused-ring (bicyclic) bond motifs is 1. The van der Waals surface area contributed by atoms with E-state index in [2.05, 4.69) is 78.3 Å². The van der Waals surface area contributed by atoms with Crippen molar-refractivity contribution in [1.29, 1.82) is 0 Å². The molecule has 2 aromatic carbocycles. The van der Waals surface area contributed by atoms with E-state index in [0.717, 1.165) is 16.8 Å². The smallest absolute Gasteiger partial charge is 0.0885 e. The number of aliphatic hydroxyl groups excluding tert-OH is 1. The van der Waals surface area contributed by atoms with E-state index in [-0.39, 0.29) is 6.61 Å². The monoisotopic (exact) mass is 620 g/mol. The molecule has 0 saturated heterocycles. The van der Waals surface area contributed by atoms with Crippen molar-refractivity contribution in [2.45, 2.75) is 79.0 Å². The summed E-state index contributed by atoms with van der Waals surface area (Å²) in [4.78, 5) is 17.5. The quantitative estimate of drug-likeness (QED) is 0.158. The van der Waals surface area contributed by atoms with E-state index in [1.165, 1.54) is 66.3 Å². The second-order valence-electron chi connectivity index (χ2n) is 10.1. The van der Waals surface area contributed by atoms with Crippen molar-refractivity contribution in [3.63, 3.8) is 0 Å². The number of hydrogen-bond donors (Lipinski definition) is 1. The van der Waals surface area contributed by atoms with Gasteiger partial charge in [0.1, 0.15) is 0 Å². The first-order valence-corrected chi connectivity index (χ1v) is 21.8. The van der Waals surface area contributed by atoms with Crippen LogP contribution < -0.4 is 3.71 Å². The topological polar surface area (TPSA) is 71.8 Å². The zero-order chi connectivity index (χ0) is 27.1. The van der Waals surface area contributed by atoms with E-state index >= 15 is 0 Å². The summed E-state index contributed by atoms with van der Waals surface area (Å²) in [6.45, 7) is 7.12. The molecule has 202 valence electrons. The first-order chi connectivity index (χ1) is 18.7. The van der Waals surface area contributed by atoms with Crippen LogP contribution in [0.5, 0.6) is 0 Å². The van der Waals surface area contributed by atoms with Gasteiger partial charge in [-0.3, -0.25) is 9.97 Å². The molecule has 0 spiro atoms. The minimum absolute atomic E-state index is 0.184. The largest absolute Gasteiger partial charge is 0.396 e. The molecule has 4 rings (SSSR count). The van der Waals surface area contributed by atoms with Gasteiger partial charge >= 0.3 is 123 Å². The molecule has 0 radical (unpaired) electrons. The Morgan fingerprint density at radius 3 is 1.84 bits per heavy atom. The molecule has 0 amide bonds. The molecule has 0 aliphatic rings. The van der Waals surface area contributed by atoms with E-state index in [9.17, 15) is 0 Å². The predicted molar refractivity (Wildman–Crippen MR) is 162 cm³/mol. The van der Waals surface area contributed by atoms with Gasteiger partial charge in [-0.15, -0.1) is 0 Å². The Balaban J connectivity index is 0.000000211. The van der Waals surface area contributed by atoms with Gasteiger partial charge in [-0.1, -0.05) is 30.3 Å². The molecule has 2 heterocycles. The van der Waals surface area contributed by atoms with Crippen molar-refractivity contribution >= 4 is 32.9 Å². The van der Waals surface area contributed by atoms with Crippen molar-refractivity contribution in [3.05, 3.63) is 79.1 Å². The Bertz CT molecular complexity index is 1180. The summed E-state index contributed by atoms with van der Waals surface area (Å²) in [6.07, 6.45) is 19.8. The maximum atomic E-state index is 8.97. The minimum atomic E-state index is -2.27. The summed E-state index contributed by atoms with van der Waals surface area (Å²) < 4.78 is 5.87. The second-order valence-corrected chi connectivity index (χ2v) is 23.2. The molecule has 0 saturated carbocycles. The van der Waals surface area contributed by atoms with Crippen LogP contribution in [0.3, 0.4) is 0 Å². The zero-order valence-corrected chi connectivity index (χ0v) is 26.3. The third kappa shape index (κ3) is 8.84. The van der Waals surface area contributed by atoms with Gasteiger partial charge in [0.25, 0.3) is 0 Å². The van der Waals surface area contributed by atoms with Crippen molar-refractivity contribution in [2.24, 2.45) is 0 Å². The molecule has 6 heteroatoms. The van der Waals surface area contributed by atoms with Gasteiger partial charge in [-0.25, -0.2) is 0 Å². The average Bonchev–Trinajstić information content (AvgIpc) is 2.98. The standard InChI is InChI=1S/C16H14N2O.C4H3N2.3C4H9.Sn/c19-8-5-12-1-2-14-10-15(4-3-13(14)9-12)16-11-17-6-7-18-16;1-2-6-4-3-5-1;3*1-3-4-2;/h1-4,6-7,9-11,19H,5,8H2;1-3H;3*1,3-4H2,2H3;. The first-order valence-electron chi connectivity index (χ1n) is 14.3. The number of rotatable bonds is 13. The van der Waals surface area contributed by atoms with E-state index < -0.39 is 18.4 Å². The van der Waals surface area contributed by atoms with Gasteiger partial charge in [0.2, 0.25) is 0 Å². The molecule has 0 aliphatic carbocycles. The number of aromatic nitrogens is 4. The Labute approximate surface area is 233 Å². The fourth-order valence-corrected chi connectivity index (χ4v) is 20.2. The second kappa shape index (κ2) is 16.6. The molecule has 1 N–H and O–H groups in total. The van der Waals surface area contributed by atoms with Gasteiger partial charge in [-0.2, -0.15) is 0 Å². The summed E-state index contributed by atoms with van der Waals surface area (Å²) >= 11 is -2.27. The fourth-order valence-electron chi connectivity index (χ4n) is 5.06. The predicted octanol–water partition coefficient (Wildman–Crippen LogP) is 7.36. The number of nitrogens with zero attached hydrogens (tertiary/aromatic N) is 4. The maximum absolute atomic E-state index is 8.97. The van der Waals surface area contributed by atoms with Crippen LogP contribution in [0.25, 0.3) is 22.0 Å². The van der Waals surface area contributed by atoms with Gasteiger partial charge in [-0.05, 0) is 28.8 Å². The molecular formula is C32H44N4OSn.